The van der Waals surface area contributed by atoms with E-state index in [1.54, 1.807) is 18.2 Å². The Bertz CT molecular complexity index is 439. The van der Waals surface area contributed by atoms with E-state index >= 15 is 0 Å². The molecule has 4 nitrogen and oxygen atoms in total. The molecule has 1 aliphatic rings. The SMILES string of the molecule is C[SiH](C)Oc1ccc2c(c1)C(=O)OC2=O. The van der Waals surface area contributed by atoms with Crippen LogP contribution in [0, 0.1) is 0 Å². The number of carbonyl (C=O) groups is 2. The van der Waals surface area contributed by atoms with E-state index in [9.17, 15) is 9.59 Å². The first-order chi connectivity index (χ1) is 7.08. The van der Waals surface area contributed by atoms with Crippen molar-refractivity contribution in [3.8, 4) is 5.75 Å². The number of ether oxygens (including phenoxy) is 1. The second kappa shape index (κ2) is 3.51. The minimum atomic E-state index is -1.20. The first-order valence-corrected chi connectivity index (χ1v) is 7.43. The average molecular weight is 222 g/mol. The molecule has 0 unspecified atom stereocenters. The zero-order chi connectivity index (χ0) is 11.0. The highest BCUT2D eigenvalue weighted by Gasteiger charge is 2.29. The summed E-state index contributed by atoms with van der Waals surface area (Å²) < 4.78 is 10.0. The van der Waals surface area contributed by atoms with Crippen molar-refractivity contribution in [1.82, 2.24) is 0 Å². The number of hydrogen-bond acceptors (Lipinski definition) is 4. The molecule has 5 heteroatoms. The predicted molar refractivity (Wildman–Crippen MR) is 55.7 cm³/mol. The molecule has 2 rings (SSSR count). The monoisotopic (exact) mass is 222 g/mol. The number of carbonyl (C=O) groups excluding carboxylic acids is 2. The van der Waals surface area contributed by atoms with Crippen LogP contribution < -0.4 is 4.43 Å². The topological polar surface area (TPSA) is 52.6 Å². The molecule has 0 fully saturated rings. The first-order valence-electron chi connectivity index (χ1n) is 4.65. The average Bonchev–Trinajstić information content (AvgIpc) is 2.41. The summed E-state index contributed by atoms with van der Waals surface area (Å²) in [4.78, 5) is 22.4. The zero-order valence-electron chi connectivity index (χ0n) is 8.44. The highest BCUT2D eigenvalue weighted by atomic mass is 28.3. The smallest absolute Gasteiger partial charge is 0.347 e. The van der Waals surface area contributed by atoms with E-state index in [2.05, 4.69) is 4.74 Å². The minimum Gasteiger partial charge on any atom is -0.547 e. The lowest BCUT2D eigenvalue weighted by atomic mass is 10.1. The van der Waals surface area contributed by atoms with Gasteiger partial charge in [0.1, 0.15) is 5.75 Å². The van der Waals surface area contributed by atoms with E-state index in [1.807, 2.05) is 13.1 Å². The Balaban J connectivity index is 2.38. The van der Waals surface area contributed by atoms with Gasteiger partial charge in [-0.05, 0) is 31.3 Å². The highest BCUT2D eigenvalue weighted by Crippen LogP contribution is 2.24. The molecule has 0 saturated heterocycles. The van der Waals surface area contributed by atoms with Crippen molar-refractivity contribution in [3.63, 3.8) is 0 Å². The van der Waals surface area contributed by atoms with Crippen molar-refractivity contribution in [2.24, 2.45) is 0 Å². The summed E-state index contributed by atoms with van der Waals surface area (Å²) in [5, 5.41) is 0. The molecule has 0 amide bonds. The first kappa shape index (κ1) is 9.91. The van der Waals surface area contributed by atoms with Crippen molar-refractivity contribution < 1.29 is 18.8 Å². The van der Waals surface area contributed by atoms with Crippen LogP contribution in [0.4, 0.5) is 0 Å². The Labute approximate surface area is 88.5 Å². The van der Waals surface area contributed by atoms with Gasteiger partial charge in [-0.25, -0.2) is 9.59 Å². The summed E-state index contributed by atoms with van der Waals surface area (Å²) in [5.74, 6) is -0.545. The van der Waals surface area contributed by atoms with Gasteiger partial charge in [-0.1, -0.05) is 0 Å². The minimum absolute atomic E-state index is 0.298. The molecule has 78 valence electrons. The maximum Gasteiger partial charge on any atom is 0.347 e. The van der Waals surface area contributed by atoms with Crippen LogP contribution in [0.25, 0.3) is 0 Å². The lowest BCUT2D eigenvalue weighted by molar-refractivity contribution is 0.0443. The summed E-state index contributed by atoms with van der Waals surface area (Å²) in [7, 11) is -1.20. The van der Waals surface area contributed by atoms with E-state index in [4.69, 9.17) is 4.43 Å². The van der Waals surface area contributed by atoms with E-state index in [0.717, 1.165) is 0 Å². The largest absolute Gasteiger partial charge is 0.547 e. The summed E-state index contributed by atoms with van der Waals surface area (Å²) in [6.07, 6.45) is 0. The third-order valence-electron chi connectivity index (χ3n) is 1.99. The van der Waals surface area contributed by atoms with Crippen LogP contribution in [0.3, 0.4) is 0 Å². The maximum atomic E-state index is 11.2. The van der Waals surface area contributed by atoms with Gasteiger partial charge in [0, 0.05) is 0 Å². The number of fused-ring (bicyclic) bond motifs is 1. The molecular formula is C10H10O4Si. The van der Waals surface area contributed by atoms with Gasteiger partial charge in [0.25, 0.3) is 0 Å². The molecule has 0 atom stereocenters. The van der Waals surface area contributed by atoms with E-state index < -0.39 is 21.0 Å². The molecule has 0 N–H and O–H groups in total. The van der Waals surface area contributed by atoms with Gasteiger partial charge in [-0.3, -0.25) is 0 Å². The Morgan fingerprint density at radius 1 is 1.13 bits per heavy atom. The Kier molecular flexibility index (Phi) is 2.32. The molecule has 1 heterocycles. The summed E-state index contributed by atoms with van der Waals surface area (Å²) >= 11 is 0. The van der Waals surface area contributed by atoms with E-state index in [-0.39, 0.29) is 0 Å². The van der Waals surface area contributed by atoms with E-state index in [1.165, 1.54) is 0 Å². The van der Waals surface area contributed by atoms with Gasteiger partial charge >= 0.3 is 11.9 Å². The molecular weight excluding hydrogens is 212 g/mol. The number of cyclic esters (lactones) is 2. The molecule has 1 aliphatic heterocycles. The second-order valence-electron chi connectivity index (χ2n) is 3.55. The Morgan fingerprint density at radius 2 is 1.80 bits per heavy atom. The maximum absolute atomic E-state index is 11.2. The third kappa shape index (κ3) is 1.78. The molecule has 0 aromatic heterocycles. The van der Waals surface area contributed by atoms with Crippen molar-refractivity contribution in [3.05, 3.63) is 29.3 Å². The fraction of sp³-hybridized carbons (Fsp3) is 0.200. The van der Waals surface area contributed by atoms with Gasteiger partial charge in [0.15, 0.2) is 0 Å². The molecule has 1 aromatic carbocycles. The molecule has 0 aliphatic carbocycles. The molecule has 0 saturated carbocycles. The predicted octanol–water partition coefficient (Wildman–Crippen LogP) is 1.36. The van der Waals surface area contributed by atoms with Crippen molar-refractivity contribution in [2.45, 2.75) is 13.1 Å². The quantitative estimate of drug-likeness (QED) is 0.430. The highest BCUT2D eigenvalue weighted by molar-refractivity contribution is 6.49. The van der Waals surface area contributed by atoms with Gasteiger partial charge in [-0.15, -0.1) is 0 Å². The molecule has 1 aromatic rings. The standard InChI is InChI=1S/C10H10O4Si/c1-15(2)14-6-3-4-7-8(5-6)10(12)13-9(7)11/h3-5,15H,1-2H3. The lowest BCUT2D eigenvalue weighted by Gasteiger charge is -2.08. The zero-order valence-corrected chi connectivity index (χ0v) is 9.60. The fourth-order valence-electron chi connectivity index (χ4n) is 1.41. The van der Waals surface area contributed by atoms with Crippen LogP contribution in [0.5, 0.6) is 5.75 Å². The third-order valence-corrected chi connectivity index (χ3v) is 2.73. The van der Waals surface area contributed by atoms with Crippen molar-refractivity contribution in [1.29, 1.82) is 0 Å². The van der Waals surface area contributed by atoms with E-state index in [0.29, 0.717) is 16.9 Å². The van der Waals surface area contributed by atoms with Crippen LogP contribution in [-0.4, -0.2) is 21.0 Å². The molecule has 0 bridgehead atoms. The molecule has 0 spiro atoms. The number of rotatable bonds is 2. The van der Waals surface area contributed by atoms with Gasteiger partial charge < -0.3 is 9.16 Å². The van der Waals surface area contributed by atoms with Gasteiger partial charge in [0.05, 0.1) is 11.1 Å². The second-order valence-corrected chi connectivity index (χ2v) is 5.88. The van der Waals surface area contributed by atoms with Crippen LogP contribution in [0.1, 0.15) is 20.7 Å². The fourth-order valence-corrected chi connectivity index (χ4v) is 2.10. The lowest BCUT2D eigenvalue weighted by Crippen LogP contribution is -2.11. The summed E-state index contributed by atoms with van der Waals surface area (Å²) in [6, 6.07) is 4.82. The van der Waals surface area contributed by atoms with Crippen LogP contribution in [0.15, 0.2) is 18.2 Å². The van der Waals surface area contributed by atoms with Crippen molar-refractivity contribution >= 4 is 21.0 Å². The molecule has 0 radical (unpaired) electrons. The summed E-state index contributed by atoms with van der Waals surface area (Å²) in [5.41, 5.74) is 0.616. The number of benzene rings is 1. The Hall–Kier alpha value is -1.62. The number of esters is 2. The number of hydrogen-bond donors (Lipinski definition) is 0. The summed E-state index contributed by atoms with van der Waals surface area (Å²) in [6.45, 7) is 4.05. The normalized spacial score (nSPS) is 14.1. The Morgan fingerprint density at radius 3 is 2.47 bits per heavy atom. The molecule has 15 heavy (non-hydrogen) atoms. The van der Waals surface area contributed by atoms with Gasteiger partial charge in [-0.2, -0.15) is 0 Å². The van der Waals surface area contributed by atoms with Crippen LogP contribution >= 0.6 is 0 Å². The van der Waals surface area contributed by atoms with Crippen molar-refractivity contribution in [2.75, 3.05) is 0 Å². The van der Waals surface area contributed by atoms with Gasteiger partial charge in [0.2, 0.25) is 9.04 Å². The van der Waals surface area contributed by atoms with Crippen LogP contribution in [-0.2, 0) is 4.74 Å². The van der Waals surface area contributed by atoms with Crippen LogP contribution in [0.2, 0.25) is 13.1 Å².